The van der Waals surface area contributed by atoms with Crippen LogP contribution in [0.15, 0.2) is 24.3 Å². The molecule has 0 aliphatic carbocycles. The minimum absolute atomic E-state index is 0. The Bertz CT molecular complexity index is 424. The van der Waals surface area contributed by atoms with Gasteiger partial charge in [0.05, 0.1) is 13.2 Å². The van der Waals surface area contributed by atoms with E-state index < -0.39 is 6.10 Å². The molecule has 1 saturated heterocycles. The van der Waals surface area contributed by atoms with Crippen molar-refractivity contribution in [3.63, 3.8) is 0 Å². The third-order valence-corrected chi connectivity index (χ3v) is 4.07. The molecule has 2 unspecified atom stereocenters. The van der Waals surface area contributed by atoms with E-state index in [-0.39, 0.29) is 12.4 Å². The average molecular weight is 330 g/mol. The highest BCUT2D eigenvalue weighted by atomic mass is 35.5. The summed E-state index contributed by atoms with van der Waals surface area (Å²) in [4.78, 5) is 2.22. The molecule has 1 heterocycles. The average Bonchev–Trinajstić information content (AvgIpc) is 2.53. The van der Waals surface area contributed by atoms with Crippen molar-refractivity contribution in [2.45, 2.75) is 32.3 Å². The van der Waals surface area contributed by atoms with Crippen LogP contribution in [-0.2, 0) is 4.74 Å². The minimum Gasteiger partial charge on any atom is -0.491 e. The summed E-state index contributed by atoms with van der Waals surface area (Å²) in [5, 5.41) is 10.1. The molecule has 5 heteroatoms. The summed E-state index contributed by atoms with van der Waals surface area (Å²) in [5.74, 6) is 1.37. The highest BCUT2D eigenvalue weighted by Crippen LogP contribution is 2.28. The fraction of sp³-hybridized carbons (Fsp3) is 0.647. The molecule has 0 radical (unpaired) electrons. The summed E-state index contributed by atoms with van der Waals surface area (Å²) in [7, 11) is 0. The zero-order valence-corrected chi connectivity index (χ0v) is 14.3. The molecule has 126 valence electrons. The van der Waals surface area contributed by atoms with Gasteiger partial charge in [-0.2, -0.15) is 0 Å². The lowest BCUT2D eigenvalue weighted by Crippen LogP contribution is -2.42. The highest BCUT2D eigenvalue weighted by molar-refractivity contribution is 5.85. The number of nitrogens with zero attached hydrogens (tertiary/aromatic N) is 1. The van der Waals surface area contributed by atoms with Crippen molar-refractivity contribution in [3.8, 4) is 5.75 Å². The molecule has 2 rings (SSSR count). The van der Waals surface area contributed by atoms with E-state index in [1.807, 2.05) is 18.2 Å². The van der Waals surface area contributed by atoms with Crippen LogP contribution >= 0.6 is 12.4 Å². The van der Waals surface area contributed by atoms with E-state index in [0.717, 1.165) is 38.5 Å². The maximum atomic E-state index is 10.1. The Morgan fingerprint density at radius 3 is 2.64 bits per heavy atom. The Hall–Kier alpha value is -0.810. The number of aliphatic hydroxyl groups is 1. The molecule has 2 atom stereocenters. The molecular formula is C17H28ClNO3. The molecule has 0 amide bonds. The summed E-state index contributed by atoms with van der Waals surface area (Å²) in [6.07, 6.45) is 0.615. The molecule has 0 aromatic heterocycles. The van der Waals surface area contributed by atoms with Crippen LogP contribution in [0.3, 0.4) is 0 Å². The first-order valence-corrected chi connectivity index (χ1v) is 7.90. The summed E-state index contributed by atoms with van der Waals surface area (Å²) in [6, 6.07) is 8.12. The van der Waals surface area contributed by atoms with Crippen LogP contribution in [0.5, 0.6) is 5.75 Å². The van der Waals surface area contributed by atoms with Crippen molar-refractivity contribution in [3.05, 3.63) is 29.8 Å². The molecule has 1 N–H and O–H groups in total. The van der Waals surface area contributed by atoms with E-state index in [0.29, 0.717) is 19.1 Å². The maximum Gasteiger partial charge on any atom is 0.122 e. The van der Waals surface area contributed by atoms with Crippen LogP contribution in [0.4, 0.5) is 0 Å². The standard InChI is InChI=1S/C17H27NO3.ClH/c1-3-14(2)16-6-4-5-7-17(16)21-13-15(19)12-18-8-10-20-11-9-18;/h4-7,14-15,19H,3,8-13H2,1-2H3;1H. The highest BCUT2D eigenvalue weighted by Gasteiger charge is 2.16. The van der Waals surface area contributed by atoms with Crippen molar-refractivity contribution in [2.24, 2.45) is 0 Å². The monoisotopic (exact) mass is 329 g/mol. The van der Waals surface area contributed by atoms with Gasteiger partial charge in [-0.3, -0.25) is 4.90 Å². The first-order valence-electron chi connectivity index (χ1n) is 7.90. The Labute approximate surface area is 139 Å². The Morgan fingerprint density at radius 1 is 1.27 bits per heavy atom. The predicted octanol–water partition coefficient (Wildman–Crippen LogP) is 2.69. The number of para-hydroxylation sites is 1. The number of β-amino-alcohol motifs (C(OH)–C–C–N with tert-alkyl or cyclic N) is 1. The largest absolute Gasteiger partial charge is 0.491 e. The molecule has 4 nitrogen and oxygen atoms in total. The van der Waals surface area contributed by atoms with Crippen molar-refractivity contribution in [1.29, 1.82) is 0 Å². The van der Waals surface area contributed by atoms with Gasteiger partial charge in [-0.25, -0.2) is 0 Å². The van der Waals surface area contributed by atoms with E-state index in [1.165, 1.54) is 5.56 Å². The van der Waals surface area contributed by atoms with Gasteiger partial charge in [-0.05, 0) is 24.0 Å². The Balaban J connectivity index is 0.00000242. The van der Waals surface area contributed by atoms with Gasteiger partial charge in [0.2, 0.25) is 0 Å². The third kappa shape index (κ3) is 5.76. The number of hydrogen-bond acceptors (Lipinski definition) is 4. The second-order valence-electron chi connectivity index (χ2n) is 5.72. The zero-order valence-electron chi connectivity index (χ0n) is 13.5. The Kier molecular flexibility index (Phi) is 8.79. The van der Waals surface area contributed by atoms with Gasteiger partial charge < -0.3 is 14.6 Å². The maximum absolute atomic E-state index is 10.1. The first kappa shape index (κ1) is 19.2. The lowest BCUT2D eigenvalue weighted by atomic mass is 9.98. The second kappa shape index (κ2) is 10.1. The Morgan fingerprint density at radius 2 is 1.95 bits per heavy atom. The minimum atomic E-state index is -0.465. The van der Waals surface area contributed by atoms with Crippen LogP contribution in [0, 0.1) is 0 Å². The smallest absolute Gasteiger partial charge is 0.122 e. The van der Waals surface area contributed by atoms with Crippen LogP contribution in [0.2, 0.25) is 0 Å². The van der Waals surface area contributed by atoms with E-state index in [4.69, 9.17) is 9.47 Å². The van der Waals surface area contributed by atoms with Gasteiger partial charge in [0.25, 0.3) is 0 Å². The molecule has 1 aromatic carbocycles. The zero-order chi connectivity index (χ0) is 15.1. The molecule has 1 aliphatic heterocycles. The third-order valence-electron chi connectivity index (χ3n) is 4.07. The van der Waals surface area contributed by atoms with Gasteiger partial charge in [0.1, 0.15) is 18.5 Å². The van der Waals surface area contributed by atoms with Gasteiger partial charge in [-0.15, -0.1) is 12.4 Å². The van der Waals surface area contributed by atoms with Crippen LogP contribution in [0.25, 0.3) is 0 Å². The van der Waals surface area contributed by atoms with Crippen molar-refractivity contribution < 1.29 is 14.6 Å². The molecule has 22 heavy (non-hydrogen) atoms. The van der Waals surface area contributed by atoms with E-state index >= 15 is 0 Å². The SMILES string of the molecule is CCC(C)c1ccccc1OCC(O)CN1CCOCC1.Cl. The van der Waals surface area contributed by atoms with E-state index in [9.17, 15) is 5.11 Å². The second-order valence-corrected chi connectivity index (χ2v) is 5.72. The predicted molar refractivity (Wildman–Crippen MR) is 91.2 cm³/mol. The summed E-state index contributed by atoms with van der Waals surface area (Å²) >= 11 is 0. The number of morpholine rings is 1. The number of ether oxygens (including phenoxy) is 2. The lowest BCUT2D eigenvalue weighted by Gasteiger charge is -2.28. The van der Waals surface area contributed by atoms with Gasteiger partial charge >= 0.3 is 0 Å². The molecule has 1 aliphatic rings. The fourth-order valence-electron chi connectivity index (χ4n) is 2.56. The number of aliphatic hydroxyl groups excluding tert-OH is 1. The van der Waals surface area contributed by atoms with Gasteiger partial charge in [0, 0.05) is 19.6 Å². The van der Waals surface area contributed by atoms with Crippen molar-refractivity contribution in [2.75, 3.05) is 39.5 Å². The van der Waals surface area contributed by atoms with Crippen molar-refractivity contribution >= 4 is 12.4 Å². The van der Waals surface area contributed by atoms with Crippen LogP contribution < -0.4 is 4.74 Å². The normalized spacial score (nSPS) is 18.3. The number of rotatable bonds is 7. The molecule has 0 spiro atoms. The number of hydrogen-bond donors (Lipinski definition) is 1. The molecule has 0 saturated carbocycles. The lowest BCUT2D eigenvalue weighted by molar-refractivity contribution is 0.00455. The fourth-order valence-corrected chi connectivity index (χ4v) is 2.56. The number of halogens is 1. The summed E-state index contributed by atoms with van der Waals surface area (Å²) in [5.41, 5.74) is 1.22. The molecule has 1 fully saturated rings. The summed E-state index contributed by atoms with van der Waals surface area (Å²) < 4.78 is 11.2. The molecule has 0 bridgehead atoms. The van der Waals surface area contributed by atoms with Crippen molar-refractivity contribution in [1.82, 2.24) is 4.90 Å². The van der Waals surface area contributed by atoms with Gasteiger partial charge in [0.15, 0.2) is 0 Å². The molecule has 1 aromatic rings. The van der Waals surface area contributed by atoms with Gasteiger partial charge in [-0.1, -0.05) is 32.0 Å². The number of benzene rings is 1. The quantitative estimate of drug-likeness (QED) is 0.835. The topological polar surface area (TPSA) is 41.9 Å². The first-order chi connectivity index (χ1) is 10.2. The van der Waals surface area contributed by atoms with E-state index in [1.54, 1.807) is 0 Å². The molecular weight excluding hydrogens is 302 g/mol. The van der Waals surface area contributed by atoms with Crippen LogP contribution in [-0.4, -0.2) is 55.6 Å². The summed E-state index contributed by atoms with van der Waals surface area (Å²) in [6.45, 7) is 8.65. The van der Waals surface area contributed by atoms with E-state index in [2.05, 4.69) is 24.8 Å². The van der Waals surface area contributed by atoms with Crippen LogP contribution in [0.1, 0.15) is 31.7 Å².